The van der Waals surface area contributed by atoms with Crippen LogP contribution in [0.15, 0.2) is 18.3 Å². The SMILES string of the molecule is COc1ccc([C@@H](O)CN)cn1. The van der Waals surface area contributed by atoms with Crippen LogP contribution in [0.2, 0.25) is 0 Å². The number of pyridine rings is 1. The number of nitrogens with zero attached hydrogens (tertiary/aromatic N) is 1. The molecule has 66 valence electrons. The summed E-state index contributed by atoms with van der Waals surface area (Å²) in [5, 5.41) is 9.29. The summed E-state index contributed by atoms with van der Waals surface area (Å²) >= 11 is 0. The normalized spacial score (nSPS) is 12.6. The van der Waals surface area contributed by atoms with Gasteiger partial charge in [0.1, 0.15) is 0 Å². The molecule has 12 heavy (non-hydrogen) atoms. The highest BCUT2D eigenvalue weighted by Gasteiger charge is 2.04. The molecule has 0 aromatic carbocycles. The smallest absolute Gasteiger partial charge is 0.212 e. The third kappa shape index (κ3) is 1.93. The van der Waals surface area contributed by atoms with E-state index in [9.17, 15) is 5.11 Å². The minimum absolute atomic E-state index is 0.202. The van der Waals surface area contributed by atoms with Crippen molar-refractivity contribution in [3.8, 4) is 5.88 Å². The Bertz CT molecular complexity index is 235. The fourth-order valence-electron chi connectivity index (χ4n) is 0.846. The van der Waals surface area contributed by atoms with Crippen molar-refractivity contribution in [2.75, 3.05) is 13.7 Å². The molecule has 0 bridgehead atoms. The number of aliphatic hydroxyl groups excluding tert-OH is 1. The summed E-state index contributed by atoms with van der Waals surface area (Å²) in [6.45, 7) is 0.202. The molecule has 1 aromatic rings. The summed E-state index contributed by atoms with van der Waals surface area (Å²) in [6.07, 6.45) is 0.916. The van der Waals surface area contributed by atoms with E-state index in [0.717, 1.165) is 0 Å². The van der Waals surface area contributed by atoms with Crippen molar-refractivity contribution in [2.24, 2.45) is 5.73 Å². The van der Waals surface area contributed by atoms with Gasteiger partial charge in [0.2, 0.25) is 5.88 Å². The summed E-state index contributed by atoms with van der Waals surface area (Å²) in [5.74, 6) is 0.531. The molecule has 4 nitrogen and oxygen atoms in total. The first-order valence-electron chi connectivity index (χ1n) is 3.66. The van der Waals surface area contributed by atoms with Gasteiger partial charge >= 0.3 is 0 Å². The molecule has 0 aliphatic carbocycles. The minimum Gasteiger partial charge on any atom is -0.481 e. The Hall–Kier alpha value is -1.13. The second kappa shape index (κ2) is 4.04. The predicted octanol–water partition coefficient (Wildman–Crippen LogP) is 0.0823. The van der Waals surface area contributed by atoms with Gasteiger partial charge < -0.3 is 15.6 Å². The van der Waals surface area contributed by atoms with Crippen molar-refractivity contribution in [1.82, 2.24) is 4.98 Å². The van der Waals surface area contributed by atoms with Crippen molar-refractivity contribution in [1.29, 1.82) is 0 Å². The van der Waals surface area contributed by atoms with Crippen LogP contribution in [0, 0.1) is 0 Å². The molecule has 0 aliphatic heterocycles. The standard InChI is InChI=1S/C8H12N2O2/c1-12-8-3-2-6(5-10-8)7(11)4-9/h2-3,5,7,11H,4,9H2,1H3/t7-/m0/s1. The van der Waals surface area contributed by atoms with E-state index in [1.807, 2.05) is 0 Å². The first kappa shape index (κ1) is 8.96. The zero-order valence-electron chi connectivity index (χ0n) is 6.90. The molecule has 1 rings (SSSR count). The van der Waals surface area contributed by atoms with E-state index in [1.165, 1.54) is 0 Å². The quantitative estimate of drug-likeness (QED) is 0.670. The minimum atomic E-state index is -0.636. The third-order valence-electron chi connectivity index (χ3n) is 1.58. The molecule has 0 aliphatic rings. The first-order chi connectivity index (χ1) is 5.77. The van der Waals surface area contributed by atoms with E-state index >= 15 is 0 Å². The molecule has 0 spiro atoms. The van der Waals surface area contributed by atoms with Crippen molar-refractivity contribution in [2.45, 2.75) is 6.10 Å². The van der Waals surface area contributed by atoms with Crippen molar-refractivity contribution >= 4 is 0 Å². The van der Waals surface area contributed by atoms with Gasteiger partial charge in [0.15, 0.2) is 0 Å². The Morgan fingerprint density at radius 1 is 1.67 bits per heavy atom. The molecular weight excluding hydrogens is 156 g/mol. The number of ether oxygens (including phenoxy) is 1. The van der Waals surface area contributed by atoms with Crippen LogP contribution in [-0.2, 0) is 0 Å². The lowest BCUT2D eigenvalue weighted by Crippen LogP contribution is -2.11. The number of aliphatic hydroxyl groups is 1. The highest BCUT2D eigenvalue weighted by atomic mass is 16.5. The Labute approximate surface area is 71.0 Å². The Morgan fingerprint density at radius 2 is 2.42 bits per heavy atom. The number of aromatic nitrogens is 1. The average Bonchev–Trinajstić information content (AvgIpc) is 2.17. The lowest BCUT2D eigenvalue weighted by atomic mass is 10.2. The lowest BCUT2D eigenvalue weighted by Gasteiger charge is -2.07. The topological polar surface area (TPSA) is 68.4 Å². The summed E-state index contributed by atoms with van der Waals surface area (Å²) in [4.78, 5) is 3.93. The maximum Gasteiger partial charge on any atom is 0.212 e. The van der Waals surface area contributed by atoms with Crippen LogP contribution in [0.25, 0.3) is 0 Å². The molecule has 4 heteroatoms. The van der Waals surface area contributed by atoms with Gasteiger partial charge in [-0.15, -0.1) is 0 Å². The molecule has 3 N–H and O–H groups in total. The van der Waals surface area contributed by atoms with E-state index < -0.39 is 6.10 Å². The summed E-state index contributed by atoms with van der Waals surface area (Å²) in [6, 6.07) is 3.43. The Kier molecular flexibility index (Phi) is 3.01. The van der Waals surface area contributed by atoms with E-state index in [4.69, 9.17) is 10.5 Å². The van der Waals surface area contributed by atoms with Crippen molar-refractivity contribution in [3.63, 3.8) is 0 Å². The molecule has 0 fully saturated rings. The van der Waals surface area contributed by atoms with E-state index in [2.05, 4.69) is 4.98 Å². The number of hydrogen-bond acceptors (Lipinski definition) is 4. The highest BCUT2D eigenvalue weighted by molar-refractivity contribution is 5.19. The Morgan fingerprint density at radius 3 is 2.83 bits per heavy atom. The second-order valence-corrected chi connectivity index (χ2v) is 2.39. The van der Waals surface area contributed by atoms with Crippen molar-refractivity contribution < 1.29 is 9.84 Å². The first-order valence-corrected chi connectivity index (χ1v) is 3.66. The number of hydrogen-bond donors (Lipinski definition) is 2. The molecule has 1 atom stereocenters. The van der Waals surface area contributed by atoms with Crippen LogP contribution in [-0.4, -0.2) is 23.7 Å². The molecule has 0 saturated heterocycles. The molecule has 1 heterocycles. The maximum atomic E-state index is 9.29. The van der Waals surface area contributed by atoms with Gasteiger partial charge in [-0.25, -0.2) is 4.98 Å². The van der Waals surface area contributed by atoms with E-state index in [-0.39, 0.29) is 6.54 Å². The fourth-order valence-corrected chi connectivity index (χ4v) is 0.846. The van der Waals surface area contributed by atoms with Gasteiger partial charge in [-0.3, -0.25) is 0 Å². The van der Waals surface area contributed by atoms with Crippen LogP contribution < -0.4 is 10.5 Å². The third-order valence-corrected chi connectivity index (χ3v) is 1.58. The molecule has 0 unspecified atom stereocenters. The Balaban J connectivity index is 2.77. The largest absolute Gasteiger partial charge is 0.481 e. The lowest BCUT2D eigenvalue weighted by molar-refractivity contribution is 0.186. The zero-order valence-corrected chi connectivity index (χ0v) is 6.90. The summed E-state index contributed by atoms with van der Waals surface area (Å²) in [7, 11) is 1.54. The average molecular weight is 168 g/mol. The number of nitrogens with two attached hydrogens (primary N) is 1. The van der Waals surface area contributed by atoms with Crippen LogP contribution in [0.5, 0.6) is 5.88 Å². The molecule has 0 saturated carbocycles. The molecule has 0 amide bonds. The number of rotatable bonds is 3. The zero-order chi connectivity index (χ0) is 8.97. The monoisotopic (exact) mass is 168 g/mol. The van der Waals surface area contributed by atoms with Gasteiger partial charge in [-0.05, 0) is 6.07 Å². The van der Waals surface area contributed by atoms with Crippen LogP contribution in [0.3, 0.4) is 0 Å². The van der Waals surface area contributed by atoms with Crippen LogP contribution in [0.1, 0.15) is 11.7 Å². The van der Waals surface area contributed by atoms with Gasteiger partial charge in [-0.2, -0.15) is 0 Å². The van der Waals surface area contributed by atoms with E-state index in [1.54, 1.807) is 25.4 Å². The van der Waals surface area contributed by atoms with Gasteiger partial charge in [0, 0.05) is 24.4 Å². The fraction of sp³-hybridized carbons (Fsp3) is 0.375. The maximum absolute atomic E-state index is 9.29. The van der Waals surface area contributed by atoms with E-state index in [0.29, 0.717) is 11.4 Å². The molecule has 0 radical (unpaired) electrons. The van der Waals surface area contributed by atoms with Gasteiger partial charge in [0.05, 0.1) is 13.2 Å². The highest BCUT2D eigenvalue weighted by Crippen LogP contribution is 2.12. The molecule has 1 aromatic heterocycles. The molecular formula is C8H12N2O2. The van der Waals surface area contributed by atoms with Crippen LogP contribution in [0.4, 0.5) is 0 Å². The van der Waals surface area contributed by atoms with Gasteiger partial charge in [0.25, 0.3) is 0 Å². The second-order valence-electron chi connectivity index (χ2n) is 2.39. The van der Waals surface area contributed by atoms with Crippen molar-refractivity contribution in [3.05, 3.63) is 23.9 Å². The summed E-state index contributed by atoms with van der Waals surface area (Å²) in [5.41, 5.74) is 5.97. The summed E-state index contributed by atoms with van der Waals surface area (Å²) < 4.78 is 4.86. The predicted molar refractivity (Wildman–Crippen MR) is 44.8 cm³/mol. The number of methoxy groups -OCH3 is 1. The van der Waals surface area contributed by atoms with Gasteiger partial charge in [-0.1, -0.05) is 0 Å². The van der Waals surface area contributed by atoms with Crippen LogP contribution >= 0.6 is 0 Å².